The molecule has 0 aliphatic heterocycles. The Balaban J connectivity index is 1.57. The third-order valence-electron chi connectivity index (χ3n) is 3.46. The maximum atomic E-state index is 11.3. The molecule has 1 aromatic heterocycles. The van der Waals surface area contributed by atoms with Crippen LogP contribution in [-0.4, -0.2) is 16.4 Å². The highest BCUT2D eigenvalue weighted by molar-refractivity contribution is 6.42. The number of benzene rings is 2. The molecule has 0 amide bonds. The Hall–Kier alpha value is -2.54. The smallest absolute Gasteiger partial charge is 0.285 e. The van der Waals surface area contributed by atoms with E-state index in [0.717, 1.165) is 11.1 Å². The lowest BCUT2D eigenvalue weighted by Gasteiger charge is -2.07. The van der Waals surface area contributed by atoms with Crippen LogP contribution in [0, 0.1) is 0 Å². The number of hydrogen-bond donors (Lipinski definition) is 2. The maximum Gasteiger partial charge on any atom is 0.285 e. The molecule has 0 saturated heterocycles. The zero-order chi connectivity index (χ0) is 19.2. The highest BCUT2D eigenvalue weighted by atomic mass is 35.5. The number of H-pyrrole nitrogens is 1. The molecule has 1 heterocycles. The highest BCUT2D eigenvalue weighted by Crippen LogP contribution is 2.23. The number of halogens is 3. The number of nitrogens with one attached hydrogen (secondary N) is 2. The van der Waals surface area contributed by atoms with Crippen LogP contribution in [0.15, 0.2) is 58.6 Å². The van der Waals surface area contributed by atoms with Crippen molar-refractivity contribution >= 4 is 46.7 Å². The molecule has 138 valence electrons. The zero-order valence-electron chi connectivity index (χ0n) is 13.7. The second-order valence-corrected chi connectivity index (χ2v) is 6.60. The molecule has 6 nitrogen and oxygen atoms in total. The Morgan fingerprint density at radius 3 is 2.63 bits per heavy atom. The predicted molar refractivity (Wildman–Crippen MR) is 108 cm³/mol. The van der Waals surface area contributed by atoms with E-state index in [0.29, 0.717) is 28.1 Å². The Morgan fingerprint density at radius 2 is 1.89 bits per heavy atom. The first-order chi connectivity index (χ1) is 13.0. The first-order valence-electron chi connectivity index (χ1n) is 7.72. The number of hydrogen-bond acceptors (Lipinski definition) is 5. The Bertz CT molecular complexity index is 1020. The van der Waals surface area contributed by atoms with Crippen LogP contribution in [0.5, 0.6) is 5.75 Å². The van der Waals surface area contributed by atoms with Gasteiger partial charge in [-0.2, -0.15) is 10.2 Å². The van der Waals surface area contributed by atoms with Gasteiger partial charge in [-0.05, 0) is 47.5 Å². The number of rotatable bonds is 6. The number of aromatic nitrogens is 2. The summed E-state index contributed by atoms with van der Waals surface area (Å²) in [7, 11) is 0. The van der Waals surface area contributed by atoms with Gasteiger partial charge in [-0.25, -0.2) is 5.10 Å². The molecule has 0 bridgehead atoms. The van der Waals surface area contributed by atoms with Crippen LogP contribution in [-0.2, 0) is 6.61 Å². The molecule has 9 heteroatoms. The van der Waals surface area contributed by atoms with Gasteiger partial charge >= 0.3 is 0 Å². The first-order valence-corrected chi connectivity index (χ1v) is 8.85. The van der Waals surface area contributed by atoms with E-state index in [-0.39, 0.29) is 5.02 Å². The van der Waals surface area contributed by atoms with Crippen molar-refractivity contribution in [2.24, 2.45) is 5.10 Å². The SMILES string of the molecule is O=c1[nH]ncc(N/N=C/c2ccc(OCc3ccc(Cl)c(Cl)c3)cc2)c1Cl. The largest absolute Gasteiger partial charge is 0.489 e. The summed E-state index contributed by atoms with van der Waals surface area (Å²) in [5.41, 5.74) is 4.26. The molecular weight excluding hydrogens is 411 g/mol. The number of hydrazone groups is 1. The van der Waals surface area contributed by atoms with Crippen molar-refractivity contribution < 1.29 is 4.74 Å². The minimum atomic E-state index is -0.486. The lowest BCUT2D eigenvalue weighted by molar-refractivity contribution is 0.306. The predicted octanol–water partition coefficient (Wildman–Crippen LogP) is 4.76. The molecule has 0 aliphatic carbocycles. The van der Waals surface area contributed by atoms with E-state index in [2.05, 4.69) is 20.7 Å². The van der Waals surface area contributed by atoms with Gasteiger partial charge in [0.25, 0.3) is 5.56 Å². The van der Waals surface area contributed by atoms with Crippen molar-refractivity contribution in [3.05, 3.63) is 85.2 Å². The number of nitrogens with zero attached hydrogens (tertiary/aromatic N) is 2. The number of anilines is 1. The van der Waals surface area contributed by atoms with E-state index in [4.69, 9.17) is 39.5 Å². The van der Waals surface area contributed by atoms with Gasteiger partial charge in [0.15, 0.2) is 0 Å². The minimum absolute atomic E-state index is 0.00630. The van der Waals surface area contributed by atoms with Crippen LogP contribution in [0.25, 0.3) is 0 Å². The summed E-state index contributed by atoms with van der Waals surface area (Å²) in [6, 6.07) is 12.7. The lowest BCUT2D eigenvalue weighted by atomic mass is 10.2. The molecule has 0 spiro atoms. The summed E-state index contributed by atoms with van der Waals surface area (Å²) in [5, 5.41) is 10.9. The van der Waals surface area contributed by atoms with Crippen molar-refractivity contribution in [2.75, 3.05) is 5.43 Å². The fraction of sp³-hybridized carbons (Fsp3) is 0.0556. The van der Waals surface area contributed by atoms with Crippen LogP contribution >= 0.6 is 34.8 Å². The Labute approximate surface area is 169 Å². The molecule has 2 N–H and O–H groups in total. The van der Waals surface area contributed by atoms with Crippen molar-refractivity contribution in [1.82, 2.24) is 10.2 Å². The quantitative estimate of drug-likeness (QED) is 0.443. The minimum Gasteiger partial charge on any atom is -0.489 e. The fourth-order valence-corrected chi connectivity index (χ4v) is 2.54. The zero-order valence-corrected chi connectivity index (χ0v) is 16.0. The third kappa shape index (κ3) is 5.23. The molecule has 3 rings (SSSR count). The van der Waals surface area contributed by atoms with Crippen molar-refractivity contribution in [3.63, 3.8) is 0 Å². The van der Waals surface area contributed by atoms with E-state index in [1.807, 2.05) is 30.3 Å². The molecule has 0 unspecified atom stereocenters. The summed E-state index contributed by atoms with van der Waals surface area (Å²) in [6.45, 7) is 0.375. The van der Waals surface area contributed by atoms with E-state index in [9.17, 15) is 4.79 Å². The summed E-state index contributed by atoms with van der Waals surface area (Å²) < 4.78 is 5.72. The second-order valence-electron chi connectivity index (χ2n) is 5.40. The normalized spacial score (nSPS) is 10.9. The first kappa shape index (κ1) is 19.2. The topological polar surface area (TPSA) is 79.4 Å². The fourth-order valence-electron chi connectivity index (χ4n) is 2.08. The number of ether oxygens (including phenoxy) is 1. The van der Waals surface area contributed by atoms with E-state index in [1.165, 1.54) is 6.20 Å². The standard InChI is InChI=1S/C18H13Cl3N4O2/c19-14-6-3-12(7-15(14)20)10-27-13-4-1-11(2-5-13)8-22-24-16-9-23-25-18(26)17(16)21/h1-9H,10H2,(H2,24,25,26)/b22-8+. The van der Waals surface area contributed by atoms with Gasteiger partial charge in [0.05, 0.1) is 22.5 Å². The van der Waals surface area contributed by atoms with Crippen LogP contribution in [0.4, 0.5) is 5.69 Å². The van der Waals surface area contributed by atoms with Crippen LogP contribution < -0.4 is 15.7 Å². The van der Waals surface area contributed by atoms with E-state index < -0.39 is 5.56 Å². The van der Waals surface area contributed by atoms with Crippen molar-refractivity contribution in [3.8, 4) is 5.75 Å². The Kier molecular flexibility index (Phi) is 6.34. The molecule has 0 radical (unpaired) electrons. The molecular formula is C18H13Cl3N4O2. The number of aromatic amines is 1. The Morgan fingerprint density at radius 1 is 1.11 bits per heavy atom. The molecule has 3 aromatic rings. The van der Waals surface area contributed by atoms with Crippen LogP contribution in [0.2, 0.25) is 15.1 Å². The maximum absolute atomic E-state index is 11.3. The third-order valence-corrected chi connectivity index (χ3v) is 4.58. The average molecular weight is 424 g/mol. The van der Waals surface area contributed by atoms with Crippen molar-refractivity contribution in [2.45, 2.75) is 6.61 Å². The van der Waals surface area contributed by atoms with Gasteiger partial charge in [0, 0.05) is 0 Å². The highest BCUT2D eigenvalue weighted by Gasteiger charge is 2.03. The van der Waals surface area contributed by atoms with Crippen LogP contribution in [0.3, 0.4) is 0 Å². The molecule has 27 heavy (non-hydrogen) atoms. The van der Waals surface area contributed by atoms with E-state index in [1.54, 1.807) is 18.3 Å². The second kappa shape index (κ2) is 8.90. The summed E-state index contributed by atoms with van der Waals surface area (Å²) >= 11 is 17.7. The molecule has 0 aliphatic rings. The van der Waals surface area contributed by atoms with Gasteiger partial charge in [0.1, 0.15) is 23.1 Å². The van der Waals surface area contributed by atoms with Gasteiger partial charge in [-0.15, -0.1) is 0 Å². The molecule has 0 fully saturated rings. The van der Waals surface area contributed by atoms with Gasteiger partial charge in [0.2, 0.25) is 0 Å². The average Bonchev–Trinajstić information content (AvgIpc) is 2.67. The van der Waals surface area contributed by atoms with Gasteiger partial charge in [-0.1, -0.05) is 40.9 Å². The summed E-state index contributed by atoms with van der Waals surface area (Å²) in [5.74, 6) is 0.702. The molecule has 0 atom stereocenters. The summed E-state index contributed by atoms with van der Waals surface area (Å²) in [6.07, 6.45) is 2.96. The van der Waals surface area contributed by atoms with Crippen LogP contribution in [0.1, 0.15) is 11.1 Å². The summed E-state index contributed by atoms with van der Waals surface area (Å²) in [4.78, 5) is 11.3. The van der Waals surface area contributed by atoms with E-state index >= 15 is 0 Å². The van der Waals surface area contributed by atoms with Gasteiger partial charge < -0.3 is 4.74 Å². The molecule has 2 aromatic carbocycles. The lowest BCUT2D eigenvalue weighted by Crippen LogP contribution is -2.10. The monoisotopic (exact) mass is 422 g/mol. The van der Waals surface area contributed by atoms with Crippen molar-refractivity contribution in [1.29, 1.82) is 0 Å². The molecule has 0 saturated carbocycles. The van der Waals surface area contributed by atoms with Gasteiger partial charge in [-0.3, -0.25) is 10.2 Å².